The molecule has 0 saturated carbocycles. The molecule has 0 unspecified atom stereocenters. The lowest BCUT2D eigenvalue weighted by Crippen LogP contribution is -2.14. The molecule has 0 atom stereocenters. The fourth-order valence-electron chi connectivity index (χ4n) is 1.69. The molecule has 0 aliphatic carbocycles. The molecule has 4 heteroatoms. The number of hydrogen-bond acceptors (Lipinski definition) is 4. The summed E-state index contributed by atoms with van der Waals surface area (Å²) in [6, 6.07) is 3.83. The molecule has 0 heterocycles. The second kappa shape index (κ2) is 6.25. The first kappa shape index (κ1) is 13.5. The predicted octanol–water partition coefficient (Wildman–Crippen LogP) is 1.47. The Morgan fingerprint density at radius 1 is 1.24 bits per heavy atom. The van der Waals surface area contributed by atoms with Gasteiger partial charge in [0.1, 0.15) is 17.3 Å². The summed E-state index contributed by atoms with van der Waals surface area (Å²) in [7, 11) is 3.25. The summed E-state index contributed by atoms with van der Waals surface area (Å²) < 4.78 is 10.5. The van der Waals surface area contributed by atoms with Gasteiger partial charge in [0.2, 0.25) is 0 Å². The van der Waals surface area contributed by atoms with E-state index in [0.29, 0.717) is 12.8 Å². The van der Waals surface area contributed by atoms with E-state index in [1.165, 1.54) is 0 Å². The maximum absolute atomic E-state index is 11.2. The van der Waals surface area contributed by atoms with Crippen LogP contribution in [0.1, 0.15) is 17.5 Å². The van der Waals surface area contributed by atoms with Crippen molar-refractivity contribution in [2.45, 2.75) is 19.8 Å². The van der Waals surface area contributed by atoms with E-state index in [-0.39, 0.29) is 12.3 Å². The molecule has 0 radical (unpaired) electrons. The molecule has 4 nitrogen and oxygen atoms in total. The van der Waals surface area contributed by atoms with E-state index >= 15 is 0 Å². The summed E-state index contributed by atoms with van der Waals surface area (Å²) in [5.74, 6) is 1.64. The largest absolute Gasteiger partial charge is 0.496 e. The lowest BCUT2D eigenvalue weighted by atomic mass is 10.0. The maximum Gasteiger partial charge on any atom is 0.146 e. The number of rotatable bonds is 6. The minimum atomic E-state index is 0.0478. The van der Waals surface area contributed by atoms with Gasteiger partial charge in [-0.25, -0.2) is 0 Å². The van der Waals surface area contributed by atoms with Crippen molar-refractivity contribution in [3.8, 4) is 11.5 Å². The van der Waals surface area contributed by atoms with Gasteiger partial charge < -0.3 is 15.2 Å². The van der Waals surface area contributed by atoms with Crippen molar-refractivity contribution in [1.29, 1.82) is 0 Å². The number of ether oxygens (including phenoxy) is 2. The number of ketones is 1. The molecule has 0 saturated heterocycles. The third-order valence-electron chi connectivity index (χ3n) is 2.70. The van der Waals surface area contributed by atoms with Crippen molar-refractivity contribution < 1.29 is 14.3 Å². The Labute approximate surface area is 102 Å². The average molecular weight is 237 g/mol. The minimum absolute atomic E-state index is 0.0478. The Bertz CT molecular complexity index is 402. The first-order chi connectivity index (χ1) is 8.12. The zero-order valence-corrected chi connectivity index (χ0v) is 10.6. The van der Waals surface area contributed by atoms with Gasteiger partial charge in [-0.1, -0.05) is 0 Å². The van der Waals surface area contributed by atoms with Crippen LogP contribution in [-0.2, 0) is 11.2 Å². The smallest absolute Gasteiger partial charge is 0.146 e. The van der Waals surface area contributed by atoms with Crippen LogP contribution in [0.5, 0.6) is 11.5 Å². The number of Topliss-reactive ketones (excluding diaryl/α,β-unsaturated/α-hetero) is 1. The van der Waals surface area contributed by atoms with Crippen molar-refractivity contribution in [2.24, 2.45) is 5.73 Å². The van der Waals surface area contributed by atoms with Crippen LogP contribution in [0.3, 0.4) is 0 Å². The lowest BCUT2D eigenvalue weighted by Gasteiger charge is -2.12. The summed E-state index contributed by atoms with van der Waals surface area (Å²) in [6.45, 7) is 2.04. The quantitative estimate of drug-likeness (QED) is 0.814. The molecule has 0 spiro atoms. The molecule has 0 aliphatic heterocycles. The Balaban J connectivity index is 2.92. The van der Waals surface area contributed by atoms with Crippen LogP contribution in [0, 0.1) is 6.92 Å². The molecule has 0 aliphatic rings. The highest BCUT2D eigenvalue weighted by Crippen LogP contribution is 2.29. The summed E-state index contributed by atoms with van der Waals surface area (Å²) >= 11 is 0. The molecule has 17 heavy (non-hydrogen) atoms. The third kappa shape index (κ3) is 3.46. The number of carbonyl (C=O) groups excluding carboxylic acids is 1. The van der Waals surface area contributed by atoms with Crippen LogP contribution in [0.25, 0.3) is 0 Å². The van der Waals surface area contributed by atoms with Crippen LogP contribution >= 0.6 is 0 Å². The van der Waals surface area contributed by atoms with Gasteiger partial charge >= 0.3 is 0 Å². The number of hydrogen-bond donors (Lipinski definition) is 1. The van der Waals surface area contributed by atoms with Gasteiger partial charge in [0.05, 0.1) is 20.8 Å². The molecule has 0 bridgehead atoms. The van der Waals surface area contributed by atoms with Crippen LogP contribution < -0.4 is 15.2 Å². The van der Waals surface area contributed by atoms with Crippen molar-refractivity contribution >= 4 is 5.78 Å². The summed E-state index contributed by atoms with van der Waals surface area (Å²) in [6.07, 6.45) is 1.05. The predicted molar refractivity (Wildman–Crippen MR) is 66.7 cm³/mol. The van der Waals surface area contributed by atoms with E-state index in [2.05, 4.69) is 0 Å². The van der Waals surface area contributed by atoms with E-state index in [1.807, 2.05) is 19.1 Å². The van der Waals surface area contributed by atoms with Crippen molar-refractivity contribution in [3.05, 3.63) is 23.3 Å². The van der Waals surface area contributed by atoms with Crippen molar-refractivity contribution in [1.82, 2.24) is 0 Å². The number of nitrogens with two attached hydrogens (primary N) is 1. The molecule has 0 fully saturated rings. The van der Waals surface area contributed by atoms with Crippen LogP contribution in [0.4, 0.5) is 0 Å². The van der Waals surface area contributed by atoms with E-state index < -0.39 is 0 Å². The molecule has 0 aromatic heterocycles. The Hall–Kier alpha value is -1.55. The van der Waals surface area contributed by atoms with Gasteiger partial charge in [0.25, 0.3) is 0 Å². The fourth-order valence-corrected chi connectivity index (χ4v) is 1.69. The molecular weight excluding hydrogens is 218 g/mol. The Morgan fingerprint density at radius 2 is 1.88 bits per heavy atom. The van der Waals surface area contributed by atoms with Crippen LogP contribution in [-0.4, -0.2) is 26.5 Å². The molecule has 0 amide bonds. The maximum atomic E-state index is 11.2. The van der Waals surface area contributed by atoms with Gasteiger partial charge in [-0.2, -0.15) is 0 Å². The number of benzene rings is 1. The van der Waals surface area contributed by atoms with Gasteiger partial charge in [0.15, 0.2) is 0 Å². The summed E-state index contributed by atoms with van der Waals surface area (Å²) in [5.41, 5.74) is 7.26. The zero-order chi connectivity index (χ0) is 12.8. The Morgan fingerprint density at radius 3 is 2.41 bits per heavy atom. The molecule has 1 aromatic rings. The Kier molecular flexibility index (Phi) is 4.97. The number of methoxy groups -OCH3 is 2. The monoisotopic (exact) mass is 237 g/mol. The van der Waals surface area contributed by atoms with E-state index in [1.54, 1.807) is 14.2 Å². The fraction of sp³-hybridized carbons (Fsp3) is 0.462. The molecule has 94 valence electrons. The molecular formula is C13H19NO3. The van der Waals surface area contributed by atoms with Gasteiger partial charge in [-0.15, -0.1) is 0 Å². The number of aryl methyl sites for hydroxylation is 2. The summed E-state index contributed by atoms with van der Waals surface area (Å²) in [5, 5.41) is 0. The first-order valence-electron chi connectivity index (χ1n) is 5.55. The van der Waals surface area contributed by atoms with Crippen LogP contribution in [0.2, 0.25) is 0 Å². The van der Waals surface area contributed by atoms with Gasteiger partial charge in [0, 0.05) is 6.42 Å². The standard InChI is InChI=1S/C13H19NO3/c1-9-6-13(17-3)10(7-12(9)16-2)4-5-11(15)8-14/h6-7H,4-5,8,14H2,1-3H3. The second-order valence-corrected chi connectivity index (χ2v) is 3.88. The molecule has 1 rings (SSSR count). The second-order valence-electron chi connectivity index (χ2n) is 3.88. The summed E-state index contributed by atoms with van der Waals surface area (Å²) in [4.78, 5) is 11.2. The van der Waals surface area contributed by atoms with E-state index in [4.69, 9.17) is 15.2 Å². The molecule has 1 aromatic carbocycles. The minimum Gasteiger partial charge on any atom is -0.496 e. The van der Waals surface area contributed by atoms with Gasteiger partial charge in [-0.05, 0) is 36.6 Å². The first-order valence-corrected chi connectivity index (χ1v) is 5.55. The van der Waals surface area contributed by atoms with Gasteiger partial charge in [-0.3, -0.25) is 4.79 Å². The van der Waals surface area contributed by atoms with E-state index in [0.717, 1.165) is 22.6 Å². The van der Waals surface area contributed by atoms with Crippen molar-refractivity contribution in [2.75, 3.05) is 20.8 Å². The highest BCUT2D eigenvalue weighted by molar-refractivity contribution is 5.80. The topological polar surface area (TPSA) is 61.5 Å². The number of carbonyl (C=O) groups is 1. The molecule has 2 N–H and O–H groups in total. The lowest BCUT2D eigenvalue weighted by molar-refractivity contribution is -0.117. The third-order valence-corrected chi connectivity index (χ3v) is 2.70. The highest BCUT2D eigenvalue weighted by atomic mass is 16.5. The average Bonchev–Trinajstić information content (AvgIpc) is 2.36. The van der Waals surface area contributed by atoms with Crippen molar-refractivity contribution in [3.63, 3.8) is 0 Å². The van der Waals surface area contributed by atoms with E-state index in [9.17, 15) is 4.79 Å². The SMILES string of the molecule is COc1cc(CCC(=O)CN)c(OC)cc1C. The highest BCUT2D eigenvalue weighted by Gasteiger charge is 2.10. The normalized spacial score (nSPS) is 10.1. The zero-order valence-electron chi connectivity index (χ0n) is 10.6. The van der Waals surface area contributed by atoms with Crippen LogP contribution in [0.15, 0.2) is 12.1 Å².